The normalized spacial score (nSPS) is 11.3. The molecule has 0 bridgehead atoms. The average molecular weight is 529 g/mol. The Morgan fingerprint density at radius 1 is 0.868 bits per heavy atom. The van der Waals surface area contributed by atoms with E-state index in [1.54, 1.807) is 60.7 Å². The highest BCUT2D eigenvalue weighted by molar-refractivity contribution is 5.91. The molecule has 0 amide bonds. The Bertz CT molecular complexity index is 1260. The highest BCUT2D eigenvalue weighted by Gasteiger charge is 2.25. The topological polar surface area (TPSA) is 114 Å². The second kappa shape index (κ2) is 13.2. The lowest BCUT2D eigenvalue weighted by Gasteiger charge is -2.09. The molecule has 3 rings (SSSR count). The van der Waals surface area contributed by atoms with Crippen LogP contribution in [0.15, 0.2) is 72.8 Å². The summed E-state index contributed by atoms with van der Waals surface area (Å²) in [5.74, 6) is -0.401. The second-order valence-electron chi connectivity index (χ2n) is 8.30. The van der Waals surface area contributed by atoms with Crippen molar-refractivity contribution in [2.45, 2.75) is 32.0 Å². The van der Waals surface area contributed by atoms with Crippen LogP contribution in [0.2, 0.25) is 0 Å². The highest BCUT2D eigenvalue weighted by Crippen LogP contribution is 2.23. The molecule has 0 aliphatic carbocycles. The van der Waals surface area contributed by atoms with Crippen LogP contribution >= 0.6 is 0 Å². The molecular weight excluding hydrogens is 501 g/mol. The van der Waals surface area contributed by atoms with Crippen LogP contribution in [0.1, 0.15) is 40.7 Å². The number of alkyl halides is 3. The fourth-order valence-electron chi connectivity index (χ4n) is 3.23. The van der Waals surface area contributed by atoms with Gasteiger partial charge in [0.25, 0.3) is 0 Å². The van der Waals surface area contributed by atoms with Gasteiger partial charge < -0.3 is 25.7 Å². The monoisotopic (exact) mass is 528 g/mol. The smallest absolute Gasteiger partial charge is 0.389 e. The van der Waals surface area contributed by atoms with Crippen LogP contribution < -0.4 is 20.9 Å². The molecule has 0 spiro atoms. The first-order valence-corrected chi connectivity index (χ1v) is 11.7. The van der Waals surface area contributed by atoms with Crippen LogP contribution in [0, 0.1) is 0 Å². The number of hydrogen-bond acceptors (Lipinski definition) is 7. The molecular formula is C28H27F3N2O5. The summed E-state index contributed by atoms with van der Waals surface area (Å²) in [4.78, 5) is 24.4. The van der Waals surface area contributed by atoms with E-state index < -0.39 is 24.5 Å². The number of nitrogen functional groups attached to an aromatic ring is 2. The number of rotatable bonds is 11. The summed E-state index contributed by atoms with van der Waals surface area (Å²) in [6.07, 6.45) is -1.92. The molecule has 4 N–H and O–H groups in total. The Balaban J connectivity index is 1.43. The first-order chi connectivity index (χ1) is 18.1. The van der Waals surface area contributed by atoms with Crippen molar-refractivity contribution in [1.29, 1.82) is 0 Å². The zero-order valence-electron chi connectivity index (χ0n) is 20.4. The van der Waals surface area contributed by atoms with Crippen LogP contribution in [0.4, 0.5) is 24.5 Å². The third-order valence-electron chi connectivity index (χ3n) is 5.25. The van der Waals surface area contributed by atoms with Gasteiger partial charge in [0.1, 0.15) is 18.1 Å². The molecule has 0 radical (unpaired) electrons. The summed E-state index contributed by atoms with van der Waals surface area (Å²) >= 11 is 0. The number of hydrogen-bond donors (Lipinski definition) is 2. The number of anilines is 2. The van der Waals surface area contributed by atoms with E-state index in [1.807, 2.05) is 0 Å². The van der Waals surface area contributed by atoms with Gasteiger partial charge in [0.15, 0.2) is 0 Å². The average Bonchev–Trinajstić information content (AvgIpc) is 2.88. The third-order valence-corrected chi connectivity index (χ3v) is 5.25. The lowest BCUT2D eigenvalue weighted by molar-refractivity contribution is -0.139. The van der Waals surface area contributed by atoms with Crippen molar-refractivity contribution in [3.8, 4) is 11.5 Å². The molecule has 3 aromatic rings. The Kier molecular flexibility index (Phi) is 9.75. The molecule has 0 heterocycles. The molecule has 0 saturated carbocycles. The van der Waals surface area contributed by atoms with Crippen molar-refractivity contribution >= 4 is 29.4 Å². The highest BCUT2D eigenvalue weighted by atomic mass is 19.4. The SMILES string of the molecule is Nc1ccc(N)c(COC(=O)C=Cc2ccc(OC(=O)c3ccc(OCCCCC(F)(F)F)cc3)cc2)c1. The summed E-state index contributed by atoms with van der Waals surface area (Å²) in [7, 11) is 0. The second-order valence-corrected chi connectivity index (χ2v) is 8.30. The van der Waals surface area contributed by atoms with E-state index in [9.17, 15) is 22.8 Å². The summed E-state index contributed by atoms with van der Waals surface area (Å²) in [5.41, 5.74) is 14.1. The Morgan fingerprint density at radius 2 is 1.55 bits per heavy atom. The quantitative estimate of drug-likeness (QED) is 0.104. The summed E-state index contributed by atoms with van der Waals surface area (Å²) in [5, 5.41) is 0. The van der Waals surface area contributed by atoms with E-state index in [4.69, 9.17) is 25.7 Å². The predicted octanol–water partition coefficient (Wildman–Crippen LogP) is 5.94. The summed E-state index contributed by atoms with van der Waals surface area (Å²) < 4.78 is 52.4. The molecule has 7 nitrogen and oxygen atoms in total. The maximum atomic E-state index is 12.4. The number of carbonyl (C=O) groups excluding carboxylic acids is 2. The maximum Gasteiger partial charge on any atom is 0.389 e. The molecule has 10 heteroatoms. The van der Waals surface area contributed by atoms with Gasteiger partial charge in [-0.05, 0) is 79.1 Å². The summed E-state index contributed by atoms with van der Waals surface area (Å²) in [6, 6.07) is 17.5. The Labute approximate surface area is 217 Å². The van der Waals surface area contributed by atoms with Gasteiger partial charge in [-0.2, -0.15) is 13.2 Å². The van der Waals surface area contributed by atoms with Gasteiger partial charge >= 0.3 is 18.1 Å². The third kappa shape index (κ3) is 9.53. The molecule has 0 unspecified atom stereocenters. The molecule has 0 atom stereocenters. The van der Waals surface area contributed by atoms with Gasteiger partial charge in [-0.3, -0.25) is 0 Å². The maximum absolute atomic E-state index is 12.4. The standard InChI is InChI=1S/C28H27F3N2O5/c29-28(30,31)15-1-2-16-36-23-11-6-20(7-12-23)27(35)38-24-9-3-19(4-10-24)5-14-26(34)37-18-21-17-22(32)8-13-25(21)33/h3-14,17H,1-2,15-16,18,32-33H2. The fraction of sp³-hybridized carbons (Fsp3) is 0.214. The number of carbonyl (C=O) groups is 2. The van der Waals surface area contributed by atoms with Crippen LogP contribution in [0.3, 0.4) is 0 Å². The van der Waals surface area contributed by atoms with Gasteiger partial charge in [0.2, 0.25) is 0 Å². The van der Waals surface area contributed by atoms with Gasteiger partial charge in [-0.15, -0.1) is 0 Å². The van der Waals surface area contributed by atoms with Crippen molar-refractivity contribution in [3.05, 3.63) is 89.5 Å². The molecule has 0 aliphatic heterocycles. The van der Waals surface area contributed by atoms with Crippen molar-refractivity contribution in [2.75, 3.05) is 18.1 Å². The van der Waals surface area contributed by atoms with Gasteiger partial charge in [0, 0.05) is 29.4 Å². The fourth-order valence-corrected chi connectivity index (χ4v) is 3.23. The van der Waals surface area contributed by atoms with Crippen molar-refractivity contribution in [1.82, 2.24) is 0 Å². The van der Waals surface area contributed by atoms with Crippen molar-refractivity contribution in [3.63, 3.8) is 0 Å². The Morgan fingerprint density at radius 3 is 2.24 bits per heavy atom. The van der Waals surface area contributed by atoms with Gasteiger partial charge in [-0.1, -0.05) is 12.1 Å². The largest absolute Gasteiger partial charge is 0.494 e. The minimum absolute atomic E-state index is 0.00762. The van der Waals surface area contributed by atoms with Crippen LogP contribution in [0.25, 0.3) is 6.08 Å². The van der Waals surface area contributed by atoms with E-state index in [0.29, 0.717) is 34.0 Å². The lowest BCUT2D eigenvalue weighted by Crippen LogP contribution is -2.09. The number of ether oxygens (including phenoxy) is 3. The zero-order chi connectivity index (χ0) is 27.5. The Hall–Kier alpha value is -4.47. The molecule has 0 saturated heterocycles. The van der Waals surface area contributed by atoms with E-state index in [1.165, 1.54) is 18.2 Å². The molecule has 38 heavy (non-hydrogen) atoms. The number of benzene rings is 3. The van der Waals surface area contributed by atoms with Crippen molar-refractivity contribution in [2.24, 2.45) is 0 Å². The predicted molar refractivity (Wildman–Crippen MR) is 137 cm³/mol. The van der Waals surface area contributed by atoms with Crippen LogP contribution in [0.5, 0.6) is 11.5 Å². The molecule has 0 aliphatic rings. The van der Waals surface area contributed by atoms with Gasteiger partial charge in [0.05, 0.1) is 12.2 Å². The van der Waals surface area contributed by atoms with E-state index in [2.05, 4.69) is 0 Å². The number of unbranched alkanes of at least 4 members (excludes halogenated alkanes) is 1. The molecule has 200 valence electrons. The van der Waals surface area contributed by atoms with Crippen LogP contribution in [-0.4, -0.2) is 24.7 Å². The first-order valence-electron chi connectivity index (χ1n) is 11.7. The minimum atomic E-state index is -4.17. The number of nitrogens with two attached hydrogens (primary N) is 2. The zero-order valence-corrected chi connectivity index (χ0v) is 20.4. The molecule has 0 aromatic heterocycles. The summed E-state index contributed by atoms with van der Waals surface area (Å²) in [6.45, 7) is 0.138. The number of halogens is 3. The lowest BCUT2D eigenvalue weighted by atomic mass is 10.2. The van der Waals surface area contributed by atoms with Crippen molar-refractivity contribution < 1.29 is 37.0 Å². The van der Waals surface area contributed by atoms with E-state index >= 15 is 0 Å². The first kappa shape index (κ1) is 28.1. The molecule has 0 fully saturated rings. The number of esters is 2. The molecule has 3 aromatic carbocycles. The van der Waals surface area contributed by atoms with E-state index in [0.717, 1.165) is 0 Å². The van der Waals surface area contributed by atoms with Gasteiger partial charge in [-0.25, -0.2) is 9.59 Å². The van der Waals surface area contributed by atoms with E-state index in [-0.39, 0.29) is 31.6 Å². The van der Waals surface area contributed by atoms with Crippen LogP contribution in [-0.2, 0) is 16.1 Å². The minimum Gasteiger partial charge on any atom is -0.494 e.